The number of carbonyl (C=O) groups is 3. The summed E-state index contributed by atoms with van der Waals surface area (Å²) in [4.78, 5) is 48.2. The van der Waals surface area contributed by atoms with Gasteiger partial charge in [-0.25, -0.2) is 0 Å². The van der Waals surface area contributed by atoms with Gasteiger partial charge >= 0.3 is 0 Å². The van der Waals surface area contributed by atoms with Gasteiger partial charge in [0, 0.05) is 30.6 Å². The Hall–Kier alpha value is -2.58. The van der Waals surface area contributed by atoms with E-state index >= 15 is 0 Å². The first-order chi connectivity index (χ1) is 18.8. The van der Waals surface area contributed by atoms with Gasteiger partial charge in [-0.15, -0.1) is 24.9 Å². The van der Waals surface area contributed by atoms with Crippen molar-refractivity contribution in [2.45, 2.75) is 68.5 Å². The maximum Gasteiger partial charge on any atom is 0.247 e. The first-order valence-electron chi connectivity index (χ1n) is 14.3. The lowest BCUT2D eigenvalue weighted by Crippen LogP contribution is -2.59. The summed E-state index contributed by atoms with van der Waals surface area (Å²) >= 11 is 1.67. The van der Waals surface area contributed by atoms with Crippen LogP contribution in [0.2, 0.25) is 0 Å². The van der Waals surface area contributed by atoms with Crippen molar-refractivity contribution < 1.29 is 19.5 Å². The zero-order valence-electron chi connectivity index (χ0n) is 23.5. The Kier molecular flexibility index (Phi) is 9.27. The Labute approximate surface area is 237 Å². The highest BCUT2D eigenvalue weighted by Crippen LogP contribution is 2.69. The number of para-hydroxylation sites is 1. The van der Waals surface area contributed by atoms with Crippen LogP contribution in [0.5, 0.6) is 0 Å². The second kappa shape index (κ2) is 12.3. The van der Waals surface area contributed by atoms with Gasteiger partial charge in [0.2, 0.25) is 17.7 Å². The number of nitrogens with zero attached hydrogens (tertiary/aromatic N) is 3. The monoisotopic (exact) mass is 553 g/mol. The highest BCUT2D eigenvalue weighted by molar-refractivity contribution is 8.02. The van der Waals surface area contributed by atoms with Crippen molar-refractivity contribution in [1.29, 1.82) is 0 Å². The number of aliphatic hydroxyl groups is 1. The van der Waals surface area contributed by atoms with Gasteiger partial charge in [0.25, 0.3) is 0 Å². The minimum Gasteiger partial charge on any atom is -0.394 e. The van der Waals surface area contributed by atoms with E-state index in [-0.39, 0.29) is 35.5 Å². The zero-order valence-corrected chi connectivity index (χ0v) is 24.3. The molecule has 0 radical (unpaired) electrons. The van der Waals surface area contributed by atoms with Crippen LogP contribution in [0.4, 0.5) is 5.69 Å². The van der Waals surface area contributed by atoms with E-state index in [1.807, 2.05) is 35.2 Å². The molecule has 1 aromatic carbocycles. The molecule has 3 fully saturated rings. The van der Waals surface area contributed by atoms with Crippen molar-refractivity contribution in [3.8, 4) is 0 Å². The second-order valence-corrected chi connectivity index (χ2v) is 12.7. The lowest BCUT2D eigenvalue weighted by atomic mass is 9.65. The Bertz CT molecular complexity index is 1080. The average molecular weight is 554 g/mol. The Balaban J connectivity index is 1.77. The van der Waals surface area contributed by atoms with E-state index in [1.54, 1.807) is 40.6 Å². The maximum absolute atomic E-state index is 14.4. The van der Waals surface area contributed by atoms with Gasteiger partial charge < -0.3 is 19.8 Å². The molecule has 7 nitrogen and oxygen atoms in total. The predicted octanol–water partition coefficient (Wildman–Crippen LogP) is 4.13. The highest BCUT2D eigenvalue weighted by Gasteiger charge is 2.76. The molecule has 0 saturated carbocycles. The molecule has 4 rings (SSSR count). The number of likely N-dealkylation sites (tertiary alicyclic amines) is 1. The van der Waals surface area contributed by atoms with E-state index < -0.39 is 28.7 Å². The van der Waals surface area contributed by atoms with Crippen LogP contribution < -0.4 is 4.90 Å². The molecule has 3 saturated heterocycles. The summed E-state index contributed by atoms with van der Waals surface area (Å²) in [5.74, 6) is -1.47. The van der Waals surface area contributed by atoms with Crippen LogP contribution in [0.25, 0.3) is 0 Å². The van der Waals surface area contributed by atoms with Gasteiger partial charge in [-0.1, -0.05) is 57.0 Å². The van der Waals surface area contributed by atoms with E-state index in [2.05, 4.69) is 27.0 Å². The van der Waals surface area contributed by atoms with Crippen molar-refractivity contribution in [2.75, 3.05) is 31.1 Å². The summed E-state index contributed by atoms with van der Waals surface area (Å²) in [7, 11) is 0. The predicted molar refractivity (Wildman–Crippen MR) is 157 cm³/mol. The van der Waals surface area contributed by atoms with Crippen LogP contribution in [0.15, 0.2) is 55.6 Å². The fourth-order valence-corrected chi connectivity index (χ4v) is 9.39. The Morgan fingerprint density at radius 1 is 1.18 bits per heavy atom. The van der Waals surface area contributed by atoms with Crippen molar-refractivity contribution in [3.63, 3.8) is 0 Å². The first kappa shape index (κ1) is 29.4. The molecule has 0 aromatic heterocycles. The molecule has 1 aromatic rings. The number of aliphatic hydroxyl groups excluding tert-OH is 1. The third kappa shape index (κ3) is 4.95. The van der Waals surface area contributed by atoms with E-state index in [0.29, 0.717) is 19.6 Å². The number of thioether (sulfide) groups is 1. The summed E-state index contributed by atoms with van der Waals surface area (Å²) in [6.45, 7) is 14.9. The standard InChI is InChI=1S/C31H43N3O4S/c1-6-9-13-18-32(16-7-2)30(38)27-31-21(4)19-24(39-31)25(26(31)29(37)34(27)22(5)20-35)28(36)33(17-8-3)23-14-11-10-12-15-23/h7-8,10-12,14-15,21-22,24-27,35H,2-3,6,9,13,16-20H2,1,4-5H3/t21?,22-,24-,25+,26+,27?,31?/m1/s1. The summed E-state index contributed by atoms with van der Waals surface area (Å²) in [6, 6.07) is 8.22. The Morgan fingerprint density at radius 2 is 1.87 bits per heavy atom. The first-order valence-corrected chi connectivity index (χ1v) is 15.1. The molecular formula is C31H43N3O4S. The molecule has 8 heteroatoms. The zero-order chi connectivity index (χ0) is 28.3. The van der Waals surface area contributed by atoms with Crippen LogP contribution in [0, 0.1) is 17.8 Å². The SMILES string of the molecule is C=CCN(CCCCC)C(=O)C1N([C@H](C)CO)C(=O)[C@@H]2[C@@H](C(=O)N(CC=C)c3ccccc3)[C@H]3CC(C)C12S3. The molecule has 1 N–H and O–H groups in total. The van der Waals surface area contributed by atoms with Crippen molar-refractivity contribution in [1.82, 2.24) is 9.80 Å². The lowest BCUT2D eigenvalue weighted by molar-refractivity contribution is -0.145. The normalized spacial score (nSPS) is 29.7. The fourth-order valence-electron chi connectivity index (χ4n) is 7.00. The van der Waals surface area contributed by atoms with Crippen LogP contribution in [0.3, 0.4) is 0 Å². The van der Waals surface area contributed by atoms with Gasteiger partial charge in [0.1, 0.15) is 6.04 Å². The van der Waals surface area contributed by atoms with Crippen molar-refractivity contribution in [2.24, 2.45) is 17.8 Å². The molecule has 212 valence electrons. The quantitative estimate of drug-likeness (QED) is 0.294. The molecule has 3 unspecified atom stereocenters. The number of rotatable bonds is 13. The van der Waals surface area contributed by atoms with Crippen LogP contribution in [-0.2, 0) is 14.4 Å². The number of anilines is 1. The number of benzene rings is 1. The molecule has 3 aliphatic heterocycles. The molecule has 2 bridgehead atoms. The van der Waals surface area contributed by atoms with Crippen LogP contribution in [-0.4, -0.2) is 80.9 Å². The van der Waals surface area contributed by atoms with Gasteiger partial charge in [-0.2, -0.15) is 0 Å². The van der Waals surface area contributed by atoms with E-state index in [1.165, 1.54) is 0 Å². The smallest absolute Gasteiger partial charge is 0.247 e. The van der Waals surface area contributed by atoms with Crippen LogP contribution in [0.1, 0.15) is 46.5 Å². The average Bonchev–Trinajstić information content (AvgIpc) is 3.54. The molecular weight excluding hydrogens is 510 g/mol. The molecule has 3 aliphatic rings. The van der Waals surface area contributed by atoms with E-state index in [0.717, 1.165) is 31.4 Å². The van der Waals surface area contributed by atoms with Gasteiger partial charge in [-0.3, -0.25) is 14.4 Å². The third-order valence-electron chi connectivity index (χ3n) is 8.78. The third-order valence-corrected chi connectivity index (χ3v) is 10.9. The van der Waals surface area contributed by atoms with Gasteiger partial charge in [-0.05, 0) is 37.8 Å². The van der Waals surface area contributed by atoms with E-state index in [9.17, 15) is 19.5 Å². The number of fused-ring (bicyclic) bond motifs is 1. The number of amides is 3. The number of carbonyl (C=O) groups excluding carboxylic acids is 3. The number of hydrogen-bond donors (Lipinski definition) is 1. The minimum atomic E-state index is -0.730. The summed E-state index contributed by atoms with van der Waals surface area (Å²) in [6.07, 6.45) is 7.14. The Morgan fingerprint density at radius 3 is 2.49 bits per heavy atom. The molecule has 39 heavy (non-hydrogen) atoms. The lowest BCUT2D eigenvalue weighted by Gasteiger charge is -2.42. The van der Waals surface area contributed by atoms with Crippen molar-refractivity contribution in [3.05, 3.63) is 55.6 Å². The number of hydrogen-bond acceptors (Lipinski definition) is 5. The maximum atomic E-state index is 14.4. The minimum absolute atomic E-state index is 0.0488. The summed E-state index contributed by atoms with van der Waals surface area (Å²) in [5.41, 5.74) is 0.768. The summed E-state index contributed by atoms with van der Waals surface area (Å²) < 4.78 is -0.719. The van der Waals surface area contributed by atoms with Gasteiger partial charge in [0.05, 0.1) is 29.2 Å². The summed E-state index contributed by atoms with van der Waals surface area (Å²) in [5, 5.41) is 10.1. The topological polar surface area (TPSA) is 81.2 Å². The molecule has 7 atom stereocenters. The molecule has 3 heterocycles. The molecule has 1 spiro atoms. The fraction of sp³-hybridized carbons (Fsp3) is 0.581. The number of unbranched alkanes of at least 4 members (excludes halogenated alkanes) is 2. The largest absolute Gasteiger partial charge is 0.394 e. The molecule has 0 aliphatic carbocycles. The molecule has 3 amide bonds. The van der Waals surface area contributed by atoms with Crippen LogP contribution >= 0.6 is 11.8 Å². The van der Waals surface area contributed by atoms with E-state index in [4.69, 9.17) is 0 Å². The second-order valence-electron chi connectivity index (χ2n) is 11.2. The highest BCUT2D eigenvalue weighted by atomic mass is 32.2. The van der Waals surface area contributed by atoms with Gasteiger partial charge in [0.15, 0.2) is 0 Å². The van der Waals surface area contributed by atoms with Crippen molar-refractivity contribution >= 4 is 35.2 Å².